The molecule has 0 heterocycles. The second-order valence-electron chi connectivity index (χ2n) is 1.49. The first-order valence-corrected chi connectivity index (χ1v) is 4.54. The van der Waals surface area contributed by atoms with Gasteiger partial charge >= 0.3 is 0 Å². The molecule has 0 fully saturated rings. The summed E-state index contributed by atoms with van der Waals surface area (Å²) in [6.45, 7) is 2.95. The van der Waals surface area contributed by atoms with E-state index in [1.54, 1.807) is 0 Å². The van der Waals surface area contributed by atoms with Crippen LogP contribution in [0.15, 0.2) is 0 Å². The van der Waals surface area contributed by atoms with E-state index in [0.717, 1.165) is 0 Å². The summed E-state index contributed by atoms with van der Waals surface area (Å²) in [5, 5.41) is 0. The largest absolute Gasteiger partial charge is 0.268 e. The fourth-order valence-electron chi connectivity index (χ4n) is 0.270. The summed E-state index contributed by atoms with van der Waals surface area (Å²) in [5.74, 6) is -0.0376. The Morgan fingerprint density at radius 2 is 2.11 bits per heavy atom. The smallest absolute Gasteiger partial charge is 0.251 e. The van der Waals surface area contributed by atoms with E-state index in [1.807, 2.05) is 0 Å². The molecule has 0 saturated heterocycles. The van der Waals surface area contributed by atoms with Gasteiger partial charge in [0.25, 0.3) is 10.1 Å². The van der Waals surface area contributed by atoms with E-state index in [9.17, 15) is 8.42 Å². The van der Waals surface area contributed by atoms with Crippen molar-refractivity contribution in [3.05, 3.63) is 0 Å². The molecule has 9 heavy (non-hydrogen) atoms. The summed E-state index contributed by atoms with van der Waals surface area (Å²) < 4.78 is 25.3. The molecule has 0 N–H and O–H groups in total. The summed E-state index contributed by atoms with van der Waals surface area (Å²) in [4.78, 5) is 0. The fourth-order valence-corrected chi connectivity index (χ4v) is 1.14. The highest BCUT2D eigenvalue weighted by atomic mass is 35.5. The number of rotatable bonds is 3. The molecule has 56 valence electrons. The Hall–Kier alpha value is 0.200. The zero-order chi connectivity index (χ0) is 7.49. The van der Waals surface area contributed by atoms with Gasteiger partial charge in [0.05, 0.1) is 5.75 Å². The molecule has 0 saturated carbocycles. The first-order chi connectivity index (χ1) is 3.98. The normalized spacial score (nSPS) is 15.4. The van der Waals surface area contributed by atoms with E-state index in [1.165, 1.54) is 13.8 Å². The minimum absolute atomic E-state index is 0.0376. The van der Waals surface area contributed by atoms with Gasteiger partial charge in [-0.25, -0.2) is 0 Å². The highest BCUT2D eigenvalue weighted by Gasteiger charge is 2.09. The van der Waals surface area contributed by atoms with Gasteiger partial charge in [0, 0.05) is 0 Å². The summed E-state index contributed by atoms with van der Waals surface area (Å²) in [6.07, 6.45) is 0. The van der Waals surface area contributed by atoms with Crippen LogP contribution in [0.4, 0.5) is 0 Å². The van der Waals surface area contributed by atoms with Crippen molar-refractivity contribution in [1.29, 1.82) is 0 Å². The van der Waals surface area contributed by atoms with Crippen molar-refractivity contribution in [1.82, 2.24) is 0 Å². The lowest BCUT2D eigenvalue weighted by Gasteiger charge is -2.02. The lowest BCUT2D eigenvalue weighted by molar-refractivity contribution is 0.304. The molecule has 0 rings (SSSR count). The van der Waals surface area contributed by atoms with E-state index in [4.69, 9.17) is 11.6 Å². The first-order valence-electron chi connectivity index (χ1n) is 2.53. The molecule has 1 atom stereocenters. The fraction of sp³-hybridized carbons (Fsp3) is 1.00. The van der Waals surface area contributed by atoms with E-state index >= 15 is 0 Å². The van der Waals surface area contributed by atoms with Crippen molar-refractivity contribution in [2.24, 2.45) is 0 Å². The van der Waals surface area contributed by atoms with Crippen LogP contribution in [0.3, 0.4) is 0 Å². The van der Waals surface area contributed by atoms with Crippen LogP contribution in [0.2, 0.25) is 0 Å². The first kappa shape index (κ1) is 9.20. The number of hydrogen-bond donors (Lipinski definition) is 0. The molecular formula is C4H9ClO3S. The van der Waals surface area contributed by atoms with E-state index in [0.29, 0.717) is 0 Å². The second-order valence-corrected chi connectivity index (χ2v) is 3.99. The Labute approximate surface area is 60.1 Å². The Morgan fingerprint density at radius 1 is 1.67 bits per heavy atom. The van der Waals surface area contributed by atoms with Gasteiger partial charge in [0.15, 0.2) is 0 Å². The van der Waals surface area contributed by atoms with E-state index in [-0.39, 0.29) is 5.75 Å². The number of alkyl halides is 1. The summed E-state index contributed by atoms with van der Waals surface area (Å²) in [6, 6.07) is 0. The van der Waals surface area contributed by atoms with Gasteiger partial charge in [-0.3, -0.25) is 4.18 Å². The third-order valence-corrected chi connectivity index (χ3v) is 2.12. The molecule has 1 unspecified atom stereocenters. The Kier molecular flexibility index (Phi) is 3.46. The van der Waals surface area contributed by atoms with Crippen LogP contribution in [-0.2, 0) is 14.3 Å². The predicted molar refractivity (Wildman–Crippen MR) is 35.9 cm³/mol. The van der Waals surface area contributed by atoms with Crippen molar-refractivity contribution in [2.45, 2.75) is 19.4 Å². The van der Waals surface area contributed by atoms with Crippen LogP contribution in [0.1, 0.15) is 13.8 Å². The molecule has 0 aromatic carbocycles. The van der Waals surface area contributed by atoms with E-state index < -0.39 is 15.7 Å². The molecule has 0 bridgehead atoms. The molecule has 3 nitrogen and oxygen atoms in total. The van der Waals surface area contributed by atoms with Crippen molar-refractivity contribution < 1.29 is 12.6 Å². The monoisotopic (exact) mass is 172 g/mol. The average molecular weight is 173 g/mol. The van der Waals surface area contributed by atoms with Crippen molar-refractivity contribution >= 4 is 21.7 Å². The maximum Gasteiger partial charge on any atom is 0.268 e. The molecule has 0 amide bonds. The van der Waals surface area contributed by atoms with Gasteiger partial charge in [-0.05, 0) is 13.8 Å². The third-order valence-electron chi connectivity index (χ3n) is 0.633. The van der Waals surface area contributed by atoms with Crippen molar-refractivity contribution in [3.63, 3.8) is 0 Å². The minimum atomic E-state index is -3.35. The second kappa shape index (κ2) is 3.39. The Balaban J connectivity index is 3.90. The molecule has 5 heteroatoms. The lowest BCUT2D eigenvalue weighted by Crippen LogP contribution is -2.11. The van der Waals surface area contributed by atoms with Crippen LogP contribution >= 0.6 is 11.6 Å². The zero-order valence-corrected chi connectivity index (χ0v) is 6.87. The Bertz CT molecular complexity index is 161. The lowest BCUT2D eigenvalue weighted by atomic mass is 10.9. The Morgan fingerprint density at radius 3 is 2.22 bits per heavy atom. The van der Waals surface area contributed by atoms with Crippen LogP contribution in [0, 0.1) is 0 Å². The van der Waals surface area contributed by atoms with Crippen LogP contribution in [0.5, 0.6) is 0 Å². The van der Waals surface area contributed by atoms with Gasteiger partial charge in [-0.2, -0.15) is 8.42 Å². The predicted octanol–water partition coefficient (Wildman–Crippen LogP) is 0.938. The quantitative estimate of drug-likeness (QED) is 0.470. The number of halogens is 1. The molecule has 0 aliphatic heterocycles. The standard InChI is InChI=1S/C4H9ClO3S/c1-3-9(6,7)8-4(2)5/h4H,3H2,1-2H3. The van der Waals surface area contributed by atoms with Gasteiger partial charge in [0.2, 0.25) is 0 Å². The SMILES string of the molecule is CCS(=O)(=O)OC(C)Cl. The van der Waals surface area contributed by atoms with Crippen molar-refractivity contribution in [3.8, 4) is 0 Å². The maximum atomic E-state index is 10.5. The highest BCUT2D eigenvalue weighted by molar-refractivity contribution is 7.86. The number of hydrogen-bond acceptors (Lipinski definition) is 3. The van der Waals surface area contributed by atoms with E-state index in [2.05, 4.69) is 4.18 Å². The maximum absolute atomic E-state index is 10.5. The van der Waals surface area contributed by atoms with Crippen LogP contribution < -0.4 is 0 Å². The highest BCUT2D eigenvalue weighted by Crippen LogP contribution is 2.02. The van der Waals surface area contributed by atoms with Crippen molar-refractivity contribution in [2.75, 3.05) is 5.75 Å². The minimum Gasteiger partial charge on any atom is -0.251 e. The van der Waals surface area contributed by atoms with Crippen LogP contribution in [0.25, 0.3) is 0 Å². The van der Waals surface area contributed by atoms with Gasteiger partial charge < -0.3 is 0 Å². The molecule has 0 aliphatic carbocycles. The molecule has 0 radical (unpaired) electrons. The molecular weight excluding hydrogens is 164 g/mol. The molecule has 0 spiro atoms. The summed E-state index contributed by atoms with van der Waals surface area (Å²) >= 11 is 5.24. The topological polar surface area (TPSA) is 43.4 Å². The average Bonchev–Trinajstić information content (AvgIpc) is 1.63. The molecule has 0 aromatic rings. The third kappa shape index (κ3) is 4.69. The zero-order valence-electron chi connectivity index (χ0n) is 5.30. The van der Waals surface area contributed by atoms with Crippen LogP contribution in [-0.4, -0.2) is 19.7 Å². The molecule has 0 aliphatic rings. The van der Waals surface area contributed by atoms with Gasteiger partial charge in [0.1, 0.15) is 5.56 Å². The van der Waals surface area contributed by atoms with Gasteiger partial charge in [-0.1, -0.05) is 11.6 Å². The summed E-state index contributed by atoms with van der Waals surface area (Å²) in [7, 11) is -3.35. The van der Waals surface area contributed by atoms with Gasteiger partial charge in [-0.15, -0.1) is 0 Å². The summed E-state index contributed by atoms with van der Waals surface area (Å²) in [5.41, 5.74) is -0.769. The molecule has 0 aromatic heterocycles.